The monoisotopic (exact) mass is 345 g/mol. The SMILES string of the molecule is OCC(CO)(CO)NCc1cccc(CNC(CO)(CO)CO)n1. The lowest BCUT2D eigenvalue weighted by atomic mass is 10.0. The third-order valence-electron chi connectivity index (χ3n) is 3.97. The van der Waals surface area contributed by atoms with Gasteiger partial charge in [-0.2, -0.15) is 0 Å². The van der Waals surface area contributed by atoms with Gasteiger partial charge in [0, 0.05) is 13.1 Å². The minimum Gasteiger partial charge on any atom is -0.394 e. The van der Waals surface area contributed by atoms with Crippen LogP contribution in [0.1, 0.15) is 11.4 Å². The Balaban J connectivity index is 2.70. The fourth-order valence-corrected chi connectivity index (χ4v) is 1.92. The molecule has 9 nitrogen and oxygen atoms in total. The van der Waals surface area contributed by atoms with Crippen molar-refractivity contribution in [3.8, 4) is 0 Å². The van der Waals surface area contributed by atoms with E-state index < -0.39 is 50.7 Å². The number of pyridine rings is 1. The summed E-state index contributed by atoms with van der Waals surface area (Å²) >= 11 is 0. The Morgan fingerprint density at radius 3 is 1.29 bits per heavy atom. The van der Waals surface area contributed by atoms with Crippen molar-refractivity contribution < 1.29 is 30.6 Å². The summed E-state index contributed by atoms with van der Waals surface area (Å²) in [4.78, 5) is 4.37. The summed E-state index contributed by atoms with van der Waals surface area (Å²) in [5.41, 5.74) is -1.13. The summed E-state index contributed by atoms with van der Waals surface area (Å²) < 4.78 is 0. The molecule has 0 bridgehead atoms. The molecule has 0 unspecified atom stereocenters. The molecule has 0 saturated heterocycles. The Hall–Kier alpha value is -1.17. The highest BCUT2D eigenvalue weighted by Gasteiger charge is 2.28. The first kappa shape index (κ1) is 20.9. The Labute approximate surface area is 140 Å². The molecule has 9 heteroatoms. The summed E-state index contributed by atoms with van der Waals surface area (Å²) in [6.07, 6.45) is 0. The van der Waals surface area contributed by atoms with Crippen LogP contribution < -0.4 is 10.6 Å². The van der Waals surface area contributed by atoms with Crippen LogP contribution in [0.4, 0.5) is 0 Å². The van der Waals surface area contributed by atoms with Crippen molar-refractivity contribution in [1.29, 1.82) is 0 Å². The van der Waals surface area contributed by atoms with Crippen molar-refractivity contribution in [2.45, 2.75) is 24.2 Å². The average molecular weight is 345 g/mol. The molecule has 0 atom stereocenters. The van der Waals surface area contributed by atoms with Crippen molar-refractivity contribution >= 4 is 0 Å². The molecule has 8 N–H and O–H groups in total. The zero-order valence-electron chi connectivity index (χ0n) is 13.5. The number of nitrogens with one attached hydrogen (secondary N) is 2. The van der Waals surface area contributed by atoms with E-state index in [0.29, 0.717) is 11.4 Å². The molecule has 1 aromatic heterocycles. The van der Waals surface area contributed by atoms with Gasteiger partial charge in [-0.25, -0.2) is 0 Å². The van der Waals surface area contributed by atoms with Crippen molar-refractivity contribution in [3.05, 3.63) is 29.6 Å². The second kappa shape index (κ2) is 9.97. The maximum absolute atomic E-state index is 9.28. The van der Waals surface area contributed by atoms with Gasteiger partial charge in [0.25, 0.3) is 0 Å². The summed E-state index contributed by atoms with van der Waals surface area (Å²) in [7, 11) is 0. The van der Waals surface area contributed by atoms with Gasteiger partial charge >= 0.3 is 0 Å². The first-order valence-corrected chi connectivity index (χ1v) is 7.62. The molecule has 138 valence electrons. The zero-order valence-corrected chi connectivity index (χ0v) is 13.5. The molecule has 24 heavy (non-hydrogen) atoms. The van der Waals surface area contributed by atoms with Crippen molar-refractivity contribution in [3.63, 3.8) is 0 Å². The molecule has 0 spiro atoms. The normalized spacial score (nSPS) is 12.6. The Bertz CT molecular complexity index is 424. The summed E-state index contributed by atoms with van der Waals surface area (Å²) in [5.74, 6) is 0. The molecule has 0 aliphatic carbocycles. The smallest absolute Gasteiger partial charge is 0.0884 e. The van der Waals surface area contributed by atoms with Crippen LogP contribution in [0.3, 0.4) is 0 Å². The Morgan fingerprint density at radius 1 is 0.667 bits per heavy atom. The number of aliphatic hydroxyl groups excluding tert-OH is 6. The molecule has 0 aliphatic rings. The molecule has 1 aromatic rings. The van der Waals surface area contributed by atoms with Gasteiger partial charge in [-0.1, -0.05) is 6.07 Å². The first-order chi connectivity index (χ1) is 11.5. The Morgan fingerprint density at radius 2 is 1.00 bits per heavy atom. The van der Waals surface area contributed by atoms with Gasteiger partial charge in [-0.05, 0) is 12.1 Å². The highest BCUT2D eigenvalue weighted by atomic mass is 16.3. The molecular formula is C15H27N3O6. The quantitative estimate of drug-likeness (QED) is 0.194. The van der Waals surface area contributed by atoms with Gasteiger partial charge < -0.3 is 30.6 Å². The van der Waals surface area contributed by atoms with Gasteiger partial charge in [0.05, 0.1) is 62.1 Å². The number of aliphatic hydroxyl groups is 6. The van der Waals surface area contributed by atoms with Crippen molar-refractivity contribution in [2.24, 2.45) is 0 Å². The molecule has 0 radical (unpaired) electrons. The van der Waals surface area contributed by atoms with Crippen LogP contribution in [-0.2, 0) is 13.1 Å². The van der Waals surface area contributed by atoms with Crippen LogP contribution in [0.25, 0.3) is 0 Å². The zero-order chi connectivity index (χ0) is 18.1. The van der Waals surface area contributed by atoms with E-state index in [1.54, 1.807) is 18.2 Å². The highest BCUT2D eigenvalue weighted by molar-refractivity contribution is 5.12. The van der Waals surface area contributed by atoms with E-state index >= 15 is 0 Å². The maximum atomic E-state index is 9.28. The lowest BCUT2D eigenvalue weighted by molar-refractivity contribution is 0.0408. The van der Waals surface area contributed by atoms with Gasteiger partial charge in [0.15, 0.2) is 0 Å². The molecule has 0 fully saturated rings. The topological polar surface area (TPSA) is 158 Å². The van der Waals surface area contributed by atoms with Crippen molar-refractivity contribution in [1.82, 2.24) is 15.6 Å². The number of hydrogen-bond donors (Lipinski definition) is 8. The molecular weight excluding hydrogens is 318 g/mol. The van der Waals surface area contributed by atoms with Crippen LogP contribution >= 0.6 is 0 Å². The minimum absolute atomic E-state index is 0.223. The number of nitrogens with zero attached hydrogens (tertiary/aromatic N) is 1. The van der Waals surface area contributed by atoms with Gasteiger partial charge in [-0.15, -0.1) is 0 Å². The molecule has 1 rings (SSSR count). The third kappa shape index (κ3) is 5.43. The number of hydrogen-bond acceptors (Lipinski definition) is 9. The van der Waals surface area contributed by atoms with E-state index in [4.69, 9.17) is 0 Å². The lowest BCUT2D eigenvalue weighted by Gasteiger charge is -2.29. The Kier molecular flexibility index (Phi) is 8.67. The van der Waals surface area contributed by atoms with Crippen LogP contribution in [0.5, 0.6) is 0 Å². The van der Waals surface area contributed by atoms with Crippen LogP contribution in [0, 0.1) is 0 Å². The second-order valence-electron chi connectivity index (χ2n) is 5.84. The van der Waals surface area contributed by atoms with Crippen LogP contribution in [0.2, 0.25) is 0 Å². The van der Waals surface area contributed by atoms with E-state index in [1.807, 2.05) is 0 Å². The fourth-order valence-electron chi connectivity index (χ4n) is 1.92. The largest absolute Gasteiger partial charge is 0.394 e. The summed E-state index contributed by atoms with van der Waals surface area (Å²) in [6.45, 7) is -2.09. The van der Waals surface area contributed by atoms with E-state index in [1.165, 1.54) is 0 Å². The van der Waals surface area contributed by atoms with Crippen LogP contribution in [0.15, 0.2) is 18.2 Å². The average Bonchev–Trinajstić information content (AvgIpc) is 2.65. The molecule has 0 saturated carbocycles. The maximum Gasteiger partial charge on any atom is 0.0884 e. The van der Waals surface area contributed by atoms with E-state index in [9.17, 15) is 30.6 Å². The first-order valence-electron chi connectivity index (χ1n) is 7.62. The molecule has 1 heterocycles. The molecule has 0 aliphatic heterocycles. The van der Waals surface area contributed by atoms with E-state index in [0.717, 1.165) is 0 Å². The predicted molar refractivity (Wildman–Crippen MR) is 85.9 cm³/mol. The predicted octanol–water partition coefficient (Wildman–Crippen LogP) is -3.31. The lowest BCUT2D eigenvalue weighted by Crippen LogP contribution is -2.54. The summed E-state index contributed by atoms with van der Waals surface area (Å²) in [6, 6.07) is 5.24. The second-order valence-corrected chi connectivity index (χ2v) is 5.84. The van der Waals surface area contributed by atoms with Gasteiger partial charge in [-0.3, -0.25) is 15.6 Å². The summed E-state index contributed by atoms with van der Waals surface area (Å²) in [5, 5.41) is 61.4. The van der Waals surface area contributed by atoms with Gasteiger partial charge in [0.2, 0.25) is 0 Å². The third-order valence-corrected chi connectivity index (χ3v) is 3.97. The fraction of sp³-hybridized carbons (Fsp3) is 0.667. The van der Waals surface area contributed by atoms with Crippen molar-refractivity contribution in [2.75, 3.05) is 39.6 Å². The standard InChI is InChI=1S/C15H27N3O6/c19-6-14(7-20,8-21)16-4-12-2-1-3-13(18-12)5-17-15(9-22,10-23)11-24/h1-3,16-17,19-24H,4-11H2. The van der Waals surface area contributed by atoms with Gasteiger partial charge in [0.1, 0.15) is 0 Å². The minimum atomic E-state index is -1.18. The highest BCUT2D eigenvalue weighted by Crippen LogP contribution is 2.07. The molecule has 0 aromatic carbocycles. The van der Waals surface area contributed by atoms with E-state index in [2.05, 4.69) is 15.6 Å². The number of aromatic nitrogens is 1. The number of rotatable bonds is 12. The van der Waals surface area contributed by atoms with Crippen LogP contribution in [-0.4, -0.2) is 86.3 Å². The van der Waals surface area contributed by atoms with E-state index in [-0.39, 0.29) is 13.1 Å². The molecule has 0 amide bonds.